The largest absolute Gasteiger partial charge is 0.486 e. The minimum Gasteiger partial charge on any atom is -0.486 e. The van der Waals surface area contributed by atoms with Gasteiger partial charge in [-0.1, -0.05) is 0 Å². The molecule has 2 aromatic rings. The third-order valence-corrected chi connectivity index (χ3v) is 4.94. The molecule has 4 rings (SSSR count). The van der Waals surface area contributed by atoms with E-state index in [1.54, 1.807) is 48.5 Å². The normalized spacial score (nSPS) is 16.1. The molecule has 2 heterocycles. The fraction of sp³-hybridized carbons (Fsp3) is 0.391. The van der Waals surface area contributed by atoms with Crippen molar-refractivity contribution in [1.29, 1.82) is 0 Å². The average molecular weight is 442 g/mol. The highest BCUT2D eigenvalue weighted by molar-refractivity contribution is 5.93. The number of amides is 2. The van der Waals surface area contributed by atoms with Crippen LogP contribution in [0.3, 0.4) is 0 Å². The van der Waals surface area contributed by atoms with Gasteiger partial charge in [-0.2, -0.15) is 0 Å². The van der Waals surface area contributed by atoms with Crippen LogP contribution < -0.4 is 20.1 Å². The van der Waals surface area contributed by atoms with Gasteiger partial charge in [-0.15, -0.1) is 0 Å². The van der Waals surface area contributed by atoms with Crippen molar-refractivity contribution in [3.63, 3.8) is 0 Å². The Morgan fingerprint density at radius 2 is 1.16 bits per heavy atom. The van der Waals surface area contributed by atoms with Gasteiger partial charge in [0.25, 0.3) is 0 Å². The maximum Gasteiger partial charge on any atom is 0.226 e. The Hall–Kier alpha value is -3.14. The Morgan fingerprint density at radius 1 is 0.781 bits per heavy atom. The van der Waals surface area contributed by atoms with Crippen LogP contribution in [-0.2, 0) is 19.1 Å². The van der Waals surface area contributed by atoms with E-state index in [9.17, 15) is 14.7 Å². The first-order valence-corrected chi connectivity index (χ1v) is 10.5. The van der Waals surface area contributed by atoms with Gasteiger partial charge in [-0.05, 0) is 48.5 Å². The highest BCUT2D eigenvalue weighted by atomic mass is 16.6. The number of ether oxygens (including phenoxy) is 4. The van der Waals surface area contributed by atoms with Crippen LogP contribution in [0, 0.1) is 0 Å². The first-order chi connectivity index (χ1) is 15.5. The van der Waals surface area contributed by atoms with Crippen molar-refractivity contribution in [2.24, 2.45) is 0 Å². The van der Waals surface area contributed by atoms with E-state index in [-0.39, 0.29) is 36.9 Å². The van der Waals surface area contributed by atoms with E-state index in [1.807, 2.05) is 0 Å². The number of hydrogen-bond acceptors (Lipinski definition) is 7. The van der Waals surface area contributed by atoms with Gasteiger partial charge in [0.05, 0.1) is 45.4 Å². The van der Waals surface area contributed by atoms with Crippen LogP contribution in [0.15, 0.2) is 48.5 Å². The summed E-state index contributed by atoms with van der Waals surface area (Å²) in [6, 6.07) is 13.9. The first kappa shape index (κ1) is 22.1. The molecular formula is C23H26N2O7. The van der Waals surface area contributed by atoms with E-state index < -0.39 is 6.10 Å². The number of anilines is 2. The predicted molar refractivity (Wildman–Crippen MR) is 116 cm³/mol. The quantitative estimate of drug-likeness (QED) is 0.515. The number of carbonyl (C=O) groups is 2. The van der Waals surface area contributed by atoms with Crippen LogP contribution in [0.25, 0.3) is 0 Å². The molecule has 0 aromatic heterocycles. The van der Waals surface area contributed by atoms with Crippen LogP contribution in [-0.4, -0.2) is 61.7 Å². The van der Waals surface area contributed by atoms with E-state index in [2.05, 4.69) is 10.6 Å². The summed E-state index contributed by atoms with van der Waals surface area (Å²) < 4.78 is 21.5. The molecule has 9 heteroatoms. The van der Waals surface area contributed by atoms with Gasteiger partial charge < -0.3 is 34.7 Å². The summed E-state index contributed by atoms with van der Waals surface area (Å²) in [5, 5.41) is 15.5. The Kier molecular flexibility index (Phi) is 7.21. The second-order valence-electron chi connectivity index (χ2n) is 7.76. The number of aliphatic hydroxyl groups excluding tert-OH is 1. The van der Waals surface area contributed by atoms with Gasteiger partial charge in [0.2, 0.25) is 11.8 Å². The molecule has 0 spiro atoms. The number of aliphatic hydroxyl groups is 1. The summed E-state index contributed by atoms with van der Waals surface area (Å²) >= 11 is 0. The summed E-state index contributed by atoms with van der Waals surface area (Å²) in [5.74, 6) is 0.634. The summed E-state index contributed by atoms with van der Waals surface area (Å²) in [6.07, 6.45) is -1.34. The lowest BCUT2D eigenvalue weighted by Gasteiger charge is -2.26. The standard InChI is InChI=1S/C23H26N2O7/c26-17(9-22(27)24-15-1-5-18(6-2-15)31-20-11-29-12-20)10-23(28)25-16-3-7-19(8-4-16)32-21-13-30-14-21/h1-8,17,20-21,26H,9-14H2,(H,24,27)(H,25,28). The number of benzene rings is 2. The van der Waals surface area contributed by atoms with Crippen molar-refractivity contribution in [2.75, 3.05) is 37.1 Å². The van der Waals surface area contributed by atoms with Crippen molar-refractivity contribution >= 4 is 23.2 Å². The van der Waals surface area contributed by atoms with Gasteiger partial charge in [-0.25, -0.2) is 0 Å². The average Bonchev–Trinajstić information content (AvgIpc) is 2.69. The van der Waals surface area contributed by atoms with Gasteiger partial charge in [0, 0.05) is 11.4 Å². The van der Waals surface area contributed by atoms with E-state index in [0.29, 0.717) is 49.3 Å². The molecule has 0 radical (unpaired) electrons. The fourth-order valence-electron chi connectivity index (χ4n) is 3.11. The van der Waals surface area contributed by atoms with E-state index in [1.165, 1.54) is 0 Å². The summed E-state index contributed by atoms with van der Waals surface area (Å²) in [4.78, 5) is 24.3. The van der Waals surface area contributed by atoms with Crippen molar-refractivity contribution in [1.82, 2.24) is 0 Å². The van der Waals surface area contributed by atoms with Crippen LogP contribution >= 0.6 is 0 Å². The topological polar surface area (TPSA) is 115 Å². The van der Waals surface area contributed by atoms with Gasteiger partial charge in [0.1, 0.15) is 23.7 Å². The molecule has 2 fully saturated rings. The Morgan fingerprint density at radius 3 is 1.47 bits per heavy atom. The van der Waals surface area contributed by atoms with E-state index in [0.717, 1.165) is 0 Å². The van der Waals surface area contributed by atoms with Crippen molar-refractivity contribution < 1.29 is 33.6 Å². The fourth-order valence-corrected chi connectivity index (χ4v) is 3.11. The molecule has 2 aliphatic heterocycles. The lowest BCUT2D eigenvalue weighted by atomic mass is 10.1. The van der Waals surface area contributed by atoms with E-state index in [4.69, 9.17) is 18.9 Å². The third-order valence-electron chi connectivity index (χ3n) is 4.94. The molecule has 0 aliphatic carbocycles. The summed E-state index contributed by atoms with van der Waals surface area (Å²) in [5.41, 5.74) is 1.17. The molecule has 2 saturated heterocycles. The Balaban J connectivity index is 1.16. The molecule has 2 aromatic carbocycles. The minimum atomic E-state index is -1.10. The molecule has 0 atom stereocenters. The molecule has 0 bridgehead atoms. The SMILES string of the molecule is O=C(CC(O)CC(=O)Nc1ccc(OC2COC2)cc1)Nc1ccc(OC2COC2)cc1. The number of nitrogens with one attached hydrogen (secondary N) is 2. The molecular weight excluding hydrogens is 416 g/mol. The van der Waals surface area contributed by atoms with Gasteiger partial charge in [0.15, 0.2) is 0 Å². The van der Waals surface area contributed by atoms with Gasteiger partial charge >= 0.3 is 0 Å². The lowest BCUT2D eigenvalue weighted by Crippen LogP contribution is -2.38. The number of hydrogen-bond donors (Lipinski definition) is 3. The molecule has 2 amide bonds. The van der Waals surface area contributed by atoms with Crippen LogP contribution in [0.1, 0.15) is 12.8 Å². The monoisotopic (exact) mass is 442 g/mol. The van der Waals surface area contributed by atoms with E-state index >= 15 is 0 Å². The van der Waals surface area contributed by atoms with Crippen LogP contribution in [0.4, 0.5) is 11.4 Å². The zero-order chi connectivity index (χ0) is 22.3. The molecule has 0 saturated carbocycles. The highest BCUT2D eigenvalue weighted by Crippen LogP contribution is 2.21. The number of carbonyl (C=O) groups excluding carboxylic acids is 2. The molecule has 0 unspecified atom stereocenters. The minimum absolute atomic E-state index is 0.0745. The number of rotatable bonds is 10. The van der Waals surface area contributed by atoms with Crippen molar-refractivity contribution in [2.45, 2.75) is 31.2 Å². The molecule has 170 valence electrons. The zero-order valence-corrected chi connectivity index (χ0v) is 17.5. The maximum atomic E-state index is 12.2. The summed E-state index contributed by atoms with van der Waals surface area (Å²) in [7, 11) is 0. The predicted octanol–water partition coefficient (Wildman–Crippen LogP) is 1.96. The molecule has 9 nitrogen and oxygen atoms in total. The molecule has 3 N–H and O–H groups in total. The first-order valence-electron chi connectivity index (χ1n) is 10.5. The van der Waals surface area contributed by atoms with Crippen molar-refractivity contribution in [3.05, 3.63) is 48.5 Å². The zero-order valence-electron chi connectivity index (χ0n) is 17.5. The van der Waals surface area contributed by atoms with Crippen LogP contribution in [0.2, 0.25) is 0 Å². The molecule has 2 aliphatic rings. The second-order valence-corrected chi connectivity index (χ2v) is 7.76. The van der Waals surface area contributed by atoms with Crippen molar-refractivity contribution in [3.8, 4) is 11.5 Å². The lowest BCUT2D eigenvalue weighted by molar-refractivity contribution is -0.120. The highest BCUT2D eigenvalue weighted by Gasteiger charge is 2.21. The third kappa shape index (κ3) is 6.43. The Bertz CT molecular complexity index is 833. The Labute approximate surface area is 185 Å². The van der Waals surface area contributed by atoms with Crippen LogP contribution in [0.5, 0.6) is 11.5 Å². The summed E-state index contributed by atoms with van der Waals surface area (Å²) in [6.45, 7) is 2.33. The van der Waals surface area contributed by atoms with Gasteiger partial charge in [-0.3, -0.25) is 9.59 Å². The smallest absolute Gasteiger partial charge is 0.226 e. The second kappa shape index (κ2) is 10.4. The maximum absolute atomic E-state index is 12.2. The molecule has 32 heavy (non-hydrogen) atoms.